The molecular weight excluding hydrogens is 178 g/mol. The van der Waals surface area contributed by atoms with Crippen LogP contribution < -0.4 is 5.32 Å². The maximum absolute atomic E-state index is 10.9. The summed E-state index contributed by atoms with van der Waals surface area (Å²) in [5, 5.41) is 3.15. The Kier molecular flexibility index (Phi) is 8.64. The second kappa shape index (κ2) is 9.00. The van der Waals surface area contributed by atoms with Crippen molar-refractivity contribution < 1.29 is 9.53 Å². The molecule has 1 N–H and O–H groups in total. The molecule has 0 aliphatic carbocycles. The molecule has 0 heterocycles. The molecule has 0 aliphatic heterocycles. The van der Waals surface area contributed by atoms with E-state index >= 15 is 0 Å². The number of carbonyl (C=O) groups is 1. The van der Waals surface area contributed by atoms with Crippen LogP contribution in [0.2, 0.25) is 0 Å². The quantitative estimate of drug-likeness (QED) is 0.610. The standard InChI is InChI=1S/C11H23NO2/c1-4-10(8-9-12-2)6-5-7-11(13)14-3/h10,12H,4-9H2,1-3H3. The van der Waals surface area contributed by atoms with Crippen LogP contribution in [0.3, 0.4) is 0 Å². The van der Waals surface area contributed by atoms with Crippen molar-refractivity contribution in [2.75, 3.05) is 20.7 Å². The van der Waals surface area contributed by atoms with Crippen molar-refractivity contribution in [2.45, 2.75) is 39.0 Å². The number of esters is 1. The van der Waals surface area contributed by atoms with Gasteiger partial charge in [-0.15, -0.1) is 0 Å². The van der Waals surface area contributed by atoms with Gasteiger partial charge in [0, 0.05) is 6.42 Å². The molecule has 0 bridgehead atoms. The SMILES string of the molecule is CCC(CCCC(=O)OC)CCNC. The van der Waals surface area contributed by atoms with Crippen LogP contribution in [0.4, 0.5) is 0 Å². The zero-order valence-electron chi connectivity index (χ0n) is 9.64. The summed E-state index contributed by atoms with van der Waals surface area (Å²) in [6.45, 7) is 3.27. The van der Waals surface area contributed by atoms with Crippen molar-refractivity contribution in [3.8, 4) is 0 Å². The first kappa shape index (κ1) is 13.4. The Morgan fingerprint density at radius 3 is 2.64 bits per heavy atom. The first-order valence-electron chi connectivity index (χ1n) is 5.46. The Labute approximate surface area is 87.2 Å². The molecule has 0 saturated carbocycles. The average Bonchev–Trinajstić information content (AvgIpc) is 2.22. The highest BCUT2D eigenvalue weighted by atomic mass is 16.5. The number of hydrogen-bond acceptors (Lipinski definition) is 3. The van der Waals surface area contributed by atoms with Crippen molar-refractivity contribution in [2.24, 2.45) is 5.92 Å². The van der Waals surface area contributed by atoms with Crippen LogP contribution in [-0.4, -0.2) is 26.7 Å². The van der Waals surface area contributed by atoms with Crippen molar-refractivity contribution >= 4 is 5.97 Å². The van der Waals surface area contributed by atoms with Crippen molar-refractivity contribution in [3.63, 3.8) is 0 Å². The lowest BCUT2D eigenvalue weighted by molar-refractivity contribution is -0.140. The van der Waals surface area contributed by atoms with E-state index in [0.29, 0.717) is 6.42 Å². The lowest BCUT2D eigenvalue weighted by atomic mass is 9.96. The zero-order chi connectivity index (χ0) is 10.8. The smallest absolute Gasteiger partial charge is 0.305 e. The third-order valence-corrected chi connectivity index (χ3v) is 2.60. The maximum Gasteiger partial charge on any atom is 0.305 e. The molecule has 0 spiro atoms. The minimum absolute atomic E-state index is 0.0894. The summed E-state index contributed by atoms with van der Waals surface area (Å²) >= 11 is 0. The Hall–Kier alpha value is -0.570. The molecule has 0 aromatic carbocycles. The molecule has 3 nitrogen and oxygen atoms in total. The van der Waals surface area contributed by atoms with Gasteiger partial charge in [0.05, 0.1) is 7.11 Å². The third kappa shape index (κ3) is 6.89. The summed E-state index contributed by atoms with van der Waals surface area (Å²) < 4.78 is 4.60. The monoisotopic (exact) mass is 201 g/mol. The summed E-state index contributed by atoms with van der Waals surface area (Å²) in [5.41, 5.74) is 0. The molecule has 0 saturated heterocycles. The van der Waals surface area contributed by atoms with Crippen LogP contribution in [0.15, 0.2) is 0 Å². The van der Waals surface area contributed by atoms with Gasteiger partial charge in [-0.2, -0.15) is 0 Å². The van der Waals surface area contributed by atoms with Crippen molar-refractivity contribution in [3.05, 3.63) is 0 Å². The van der Waals surface area contributed by atoms with Gasteiger partial charge in [-0.05, 0) is 38.8 Å². The largest absolute Gasteiger partial charge is 0.469 e. The van der Waals surface area contributed by atoms with Gasteiger partial charge in [0.2, 0.25) is 0 Å². The lowest BCUT2D eigenvalue weighted by Crippen LogP contribution is -2.13. The minimum atomic E-state index is -0.0894. The molecule has 0 radical (unpaired) electrons. The van der Waals surface area contributed by atoms with Gasteiger partial charge in [0.15, 0.2) is 0 Å². The van der Waals surface area contributed by atoms with Crippen LogP contribution in [-0.2, 0) is 9.53 Å². The van der Waals surface area contributed by atoms with Crippen LogP contribution in [0, 0.1) is 5.92 Å². The number of methoxy groups -OCH3 is 1. The van der Waals surface area contributed by atoms with E-state index < -0.39 is 0 Å². The molecule has 0 amide bonds. The summed E-state index contributed by atoms with van der Waals surface area (Å²) in [6, 6.07) is 0. The summed E-state index contributed by atoms with van der Waals surface area (Å²) in [7, 11) is 3.42. The molecule has 0 aliphatic rings. The first-order chi connectivity index (χ1) is 6.74. The number of hydrogen-bond donors (Lipinski definition) is 1. The lowest BCUT2D eigenvalue weighted by Gasteiger charge is -2.13. The molecule has 0 aromatic rings. The number of rotatable bonds is 8. The number of ether oxygens (including phenoxy) is 1. The second-order valence-electron chi connectivity index (χ2n) is 3.63. The van der Waals surface area contributed by atoms with Crippen LogP contribution in [0.5, 0.6) is 0 Å². The van der Waals surface area contributed by atoms with Crippen LogP contribution >= 0.6 is 0 Å². The highest BCUT2D eigenvalue weighted by Gasteiger charge is 2.07. The van der Waals surface area contributed by atoms with E-state index in [1.807, 2.05) is 7.05 Å². The van der Waals surface area contributed by atoms with Crippen molar-refractivity contribution in [1.82, 2.24) is 5.32 Å². The Morgan fingerprint density at radius 1 is 1.43 bits per heavy atom. The van der Waals surface area contributed by atoms with Gasteiger partial charge in [-0.1, -0.05) is 13.3 Å². The Morgan fingerprint density at radius 2 is 2.14 bits per heavy atom. The van der Waals surface area contributed by atoms with Crippen LogP contribution in [0.1, 0.15) is 39.0 Å². The van der Waals surface area contributed by atoms with E-state index in [1.54, 1.807) is 0 Å². The minimum Gasteiger partial charge on any atom is -0.469 e. The van der Waals surface area contributed by atoms with Gasteiger partial charge in [-0.25, -0.2) is 0 Å². The number of nitrogens with one attached hydrogen (secondary N) is 1. The maximum atomic E-state index is 10.9. The zero-order valence-corrected chi connectivity index (χ0v) is 9.64. The summed E-state index contributed by atoms with van der Waals surface area (Å²) in [5.74, 6) is 0.653. The van der Waals surface area contributed by atoms with Gasteiger partial charge in [0.25, 0.3) is 0 Å². The molecule has 0 rings (SSSR count). The van der Waals surface area contributed by atoms with E-state index in [9.17, 15) is 4.79 Å². The molecule has 84 valence electrons. The summed E-state index contributed by atoms with van der Waals surface area (Å²) in [6.07, 6.45) is 5.05. The molecule has 0 fully saturated rings. The fourth-order valence-corrected chi connectivity index (χ4v) is 1.54. The van der Waals surface area contributed by atoms with E-state index in [4.69, 9.17) is 0 Å². The van der Waals surface area contributed by atoms with Gasteiger partial charge < -0.3 is 10.1 Å². The number of carbonyl (C=O) groups excluding carboxylic acids is 1. The van der Waals surface area contributed by atoms with Crippen LogP contribution in [0.25, 0.3) is 0 Å². The molecular formula is C11H23NO2. The molecule has 14 heavy (non-hydrogen) atoms. The Balaban J connectivity index is 3.46. The van der Waals surface area contributed by atoms with Crippen molar-refractivity contribution in [1.29, 1.82) is 0 Å². The fraction of sp³-hybridized carbons (Fsp3) is 0.909. The van der Waals surface area contributed by atoms with E-state index in [-0.39, 0.29) is 5.97 Å². The highest BCUT2D eigenvalue weighted by Crippen LogP contribution is 2.15. The molecule has 1 atom stereocenters. The first-order valence-corrected chi connectivity index (χ1v) is 5.46. The van der Waals surface area contributed by atoms with Gasteiger partial charge >= 0.3 is 5.97 Å². The Bertz CT molecular complexity index is 148. The summed E-state index contributed by atoms with van der Waals surface area (Å²) in [4.78, 5) is 10.9. The predicted molar refractivity (Wildman–Crippen MR) is 58.2 cm³/mol. The van der Waals surface area contributed by atoms with Gasteiger partial charge in [0.1, 0.15) is 0 Å². The fourth-order valence-electron chi connectivity index (χ4n) is 1.54. The third-order valence-electron chi connectivity index (χ3n) is 2.60. The van der Waals surface area contributed by atoms with E-state index in [0.717, 1.165) is 25.3 Å². The van der Waals surface area contributed by atoms with Gasteiger partial charge in [-0.3, -0.25) is 4.79 Å². The topological polar surface area (TPSA) is 38.3 Å². The molecule has 0 aromatic heterocycles. The highest BCUT2D eigenvalue weighted by molar-refractivity contribution is 5.68. The average molecular weight is 201 g/mol. The predicted octanol–water partition coefficient (Wildman–Crippen LogP) is 1.97. The molecule has 3 heteroatoms. The van der Waals surface area contributed by atoms with E-state index in [1.165, 1.54) is 20.0 Å². The second-order valence-corrected chi connectivity index (χ2v) is 3.63. The van der Waals surface area contributed by atoms with E-state index in [2.05, 4.69) is 17.0 Å². The molecule has 1 unspecified atom stereocenters. The normalized spacial score (nSPS) is 12.5.